The first-order valence-electron chi connectivity index (χ1n) is 11.8. The second kappa shape index (κ2) is 10.1. The van der Waals surface area contributed by atoms with Gasteiger partial charge in [0.05, 0.1) is 30.0 Å². The quantitative estimate of drug-likeness (QED) is 0.269. The fourth-order valence-corrected chi connectivity index (χ4v) is 4.65. The van der Waals surface area contributed by atoms with E-state index in [0.29, 0.717) is 11.8 Å². The molecule has 2 aromatic carbocycles. The molecule has 0 fully saturated rings. The van der Waals surface area contributed by atoms with Gasteiger partial charge in [-0.2, -0.15) is 0 Å². The van der Waals surface area contributed by atoms with E-state index in [2.05, 4.69) is 55.2 Å². The summed E-state index contributed by atoms with van der Waals surface area (Å²) in [5.41, 5.74) is 5.99. The van der Waals surface area contributed by atoms with E-state index in [1.54, 1.807) is 13.1 Å². The van der Waals surface area contributed by atoms with Gasteiger partial charge in [0.1, 0.15) is 0 Å². The minimum Gasteiger partial charge on any atom is -0.475 e. The smallest absolute Gasteiger partial charge is 0.331 e. The summed E-state index contributed by atoms with van der Waals surface area (Å²) in [5, 5.41) is -0.560. The van der Waals surface area contributed by atoms with Gasteiger partial charge >= 0.3 is 5.97 Å². The maximum absolute atomic E-state index is 13.0. The van der Waals surface area contributed by atoms with Crippen LogP contribution < -0.4 is 9.64 Å². The fourth-order valence-electron chi connectivity index (χ4n) is 4.26. The van der Waals surface area contributed by atoms with Gasteiger partial charge in [-0.1, -0.05) is 44.2 Å². The molecule has 0 aliphatic carbocycles. The SMILES string of the molecule is CCOC(=O)C1C(Cl)c2cc(-c3ccc(C(C)C)cc3)ccc2N1c1ccc(OC(C)C)nc1. The number of hydrogen-bond acceptors (Lipinski definition) is 5. The Labute approximate surface area is 206 Å². The van der Waals surface area contributed by atoms with E-state index in [1.165, 1.54) is 5.56 Å². The highest BCUT2D eigenvalue weighted by molar-refractivity contribution is 6.25. The number of benzene rings is 2. The van der Waals surface area contributed by atoms with E-state index in [4.69, 9.17) is 21.1 Å². The number of carbonyl (C=O) groups excluding carboxylic acids is 1. The standard InChI is InChI=1S/C28H31ClN2O3/c1-6-33-28(32)27-26(29)23-15-21(20-9-7-19(8-10-20)17(2)3)11-13-24(23)31(27)22-12-14-25(30-16-22)34-18(4)5/h7-18,26-27H,6H2,1-5H3. The predicted octanol–water partition coefficient (Wildman–Crippen LogP) is 7.02. The van der Waals surface area contributed by atoms with Crippen LogP contribution in [0.1, 0.15) is 57.0 Å². The third-order valence-corrected chi connectivity index (χ3v) is 6.41. The van der Waals surface area contributed by atoms with Gasteiger partial charge in [-0.25, -0.2) is 9.78 Å². The Bertz CT molecular complexity index is 1140. The van der Waals surface area contributed by atoms with Gasteiger partial charge in [-0.3, -0.25) is 0 Å². The molecule has 2 heterocycles. The number of anilines is 2. The summed E-state index contributed by atoms with van der Waals surface area (Å²) < 4.78 is 11.1. The van der Waals surface area contributed by atoms with Crippen molar-refractivity contribution in [2.45, 2.75) is 58.1 Å². The zero-order valence-electron chi connectivity index (χ0n) is 20.3. The molecule has 0 bridgehead atoms. The first-order chi connectivity index (χ1) is 16.3. The Hall–Kier alpha value is -3.05. The number of rotatable bonds is 7. The van der Waals surface area contributed by atoms with Gasteiger partial charge in [-0.15, -0.1) is 11.6 Å². The second-order valence-corrected chi connectivity index (χ2v) is 9.51. The summed E-state index contributed by atoms with van der Waals surface area (Å²) in [7, 11) is 0. The minimum absolute atomic E-state index is 0.0263. The molecule has 0 N–H and O–H groups in total. The number of fused-ring (bicyclic) bond motifs is 1. The van der Waals surface area contributed by atoms with Crippen molar-refractivity contribution in [2.24, 2.45) is 0 Å². The van der Waals surface area contributed by atoms with Crippen molar-refractivity contribution < 1.29 is 14.3 Å². The number of esters is 1. The molecule has 1 aromatic heterocycles. The summed E-state index contributed by atoms with van der Waals surface area (Å²) in [6, 6.07) is 17.8. The number of aromatic nitrogens is 1. The molecule has 0 amide bonds. The Balaban J connectivity index is 1.73. The van der Waals surface area contributed by atoms with Gasteiger partial charge in [0.15, 0.2) is 6.04 Å². The Kier molecular flexibility index (Phi) is 7.13. The van der Waals surface area contributed by atoms with Crippen LogP contribution in [0.4, 0.5) is 11.4 Å². The fraction of sp³-hybridized carbons (Fsp3) is 0.357. The number of alkyl halides is 1. The summed E-state index contributed by atoms with van der Waals surface area (Å²) in [6.45, 7) is 10.4. The number of ether oxygens (including phenoxy) is 2. The van der Waals surface area contributed by atoms with Gasteiger partial charge in [0, 0.05) is 11.8 Å². The molecule has 1 aliphatic heterocycles. The molecule has 0 spiro atoms. The highest BCUT2D eigenvalue weighted by Gasteiger charge is 2.44. The lowest BCUT2D eigenvalue weighted by molar-refractivity contribution is -0.144. The minimum atomic E-state index is -0.686. The van der Waals surface area contributed by atoms with Crippen LogP contribution in [0.15, 0.2) is 60.8 Å². The van der Waals surface area contributed by atoms with Crippen molar-refractivity contribution >= 4 is 28.9 Å². The molecule has 2 atom stereocenters. The number of halogens is 1. The summed E-state index contributed by atoms with van der Waals surface area (Å²) in [6.07, 6.45) is 1.74. The van der Waals surface area contributed by atoms with Gasteiger partial charge < -0.3 is 14.4 Å². The number of pyridine rings is 1. The Morgan fingerprint density at radius 1 is 1.03 bits per heavy atom. The van der Waals surface area contributed by atoms with Crippen LogP contribution >= 0.6 is 11.6 Å². The zero-order valence-corrected chi connectivity index (χ0v) is 21.0. The maximum atomic E-state index is 13.0. The largest absolute Gasteiger partial charge is 0.475 e. The molecule has 1 aliphatic rings. The summed E-state index contributed by atoms with van der Waals surface area (Å²) >= 11 is 6.92. The third kappa shape index (κ3) is 4.76. The molecule has 0 saturated heterocycles. The van der Waals surface area contributed by atoms with Crippen molar-refractivity contribution in [2.75, 3.05) is 11.5 Å². The van der Waals surface area contributed by atoms with E-state index < -0.39 is 11.4 Å². The molecule has 0 saturated carbocycles. The molecule has 6 heteroatoms. The number of carbonyl (C=O) groups is 1. The topological polar surface area (TPSA) is 51.7 Å². The first-order valence-corrected chi connectivity index (χ1v) is 12.2. The lowest BCUT2D eigenvalue weighted by Gasteiger charge is -2.27. The van der Waals surface area contributed by atoms with E-state index in [0.717, 1.165) is 28.1 Å². The van der Waals surface area contributed by atoms with E-state index in [9.17, 15) is 4.79 Å². The molecule has 0 radical (unpaired) electrons. The molecule has 178 valence electrons. The maximum Gasteiger partial charge on any atom is 0.331 e. The van der Waals surface area contributed by atoms with Crippen LogP contribution in [0, 0.1) is 0 Å². The molecule has 4 rings (SSSR count). The predicted molar refractivity (Wildman–Crippen MR) is 137 cm³/mol. The molecular weight excluding hydrogens is 448 g/mol. The third-order valence-electron chi connectivity index (χ3n) is 5.93. The molecule has 5 nitrogen and oxygen atoms in total. The Morgan fingerprint density at radius 3 is 2.32 bits per heavy atom. The van der Waals surface area contributed by atoms with Crippen LogP contribution in [0.25, 0.3) is 11.1 Å². The molecule has 2 unspecified atom stereocenters. The number of hydrogen-bond donors (Lipinski definition) is 0. The normalized spacial score (nSPS) is 17.2. The lowest BCUT2D eigenvalue weighted by atomic mass is 9.97. The molecule has 3 aromatic rings. The van der Waals surface area contributed by atoms with Crippen molar-refractivity contribution in [1.82, 2.24) is 4.98 Å². The molecule has 34 heavy (non-hydrogen) atoms. The van der Waals surface area contributed by atoms with Gasteiger partial charge in [0.25, 0.3) is 0 Å². The first kappa shape index (κ1) is 24.1. The van der Waals surface area contributed by atoms with Crippen LogP contribution in [-0.2, 0) is 9.53 Å². The highest BCUT2D eigenvalue weighted by atomic mass is 35.5. The van der Waals surface area contributed by atoms with E-state index in [1.807, 2.05) is 36.9 Å². The van der Waals surface area contributed by atoms with Gasteiger partial charge in [-0.05, 0) is 67.1 Å². The summed E-state index contributed by atoms with van der Waals surface area (Å²) in [4.78, 5) is 19.3. The van der Waals surface area contributed by atoms with E-state index >= 15 is 0 Å². The lowest BCUT2D eigenvalue weighted by Crippen LogP contribution is -2.37. The Morgan fingerprint density at radius 2 is 1.74 bits per heavy atom. The van der Waals surface area contributed by atoms with Crippen molar-refractivity contribution in [1.29, 1.82) is 0 Å². The van der Waals surface area contributed by atoms with Crippen LogP contribution in [0.5, 0.6) is 5.88 Å². The molecular formula is C28H31ClN2O3. The van der Waals surface area contributed by atoms with E-state index in [-0.39, 0.29) is 18.7 Å². The second-order valence-electron chi connectivity index (χ2n) is 9.04. The number of nitrogens with zero attached hydrogens (tertiary/aromatic N) is 2. The zero-order chi connectivity index (χ0) is 24.4. The van der Waals surface area contributed by atoms with Crippen molar-refractivity contribution in [3.63, 3.8) is 0 Å². The summed E-state index contributed by atoms with van der Waals surface area (Å²) in [5.74, 6) is 0.656. The van der Waals surface area contributed by atoms with Crippen LogP contribution in [0.2, 0.25) is 0 Å². The van der Waals surface area contributed by atoms with Crippen molar-refractivity contribution in [3.05, 3.63) is 71.9 Å². The average Bonchev–Trinajstić information content (AvgIpc) is 3.11. The van der Waals surface area contributed by atoms with Crippen LogP contribution in [0.3, 0.4) is 0 Å². The van der Waals surface area contributed by atoms with Crippen molar-refractivity contribution in [3.8, 4) is 17.0 Å². The highest BCUT2D eigenvalue weighted by Crippen LogP contribution is 2.49. The van der Waals surface area contributed by atoms with Gasteiger partial charge in [0.2, 0.25) is 5.88 Å². The monoisotopic (exact) mass is 478 g/mol. The van der Waals surface area contributed by atoms with Crippen LogP contribution in [-0.4, -0.2) is 29.7 Å². The average molecular weight is 479 g/mol.